The summed E-state index contributed by atoms with van der Waals surface area (Å²) in [5, 5.41) is 3.37. The van der Waals surface area contributed by atoms with Gasteiger partial charge in [-0.3, -0.25) is 0 Å². The predicted molar refractivity (Wildman–Crippen MR) is 64.5 cm³/mol. The molecule has 0 amide bonds. The number of nitrogens with one attached hydrogen (secondary N) is 1. The summed E-state index contributed by atoms with van der Waals surface area (Å²) in [5.74, 6) is 1.04. The summed E-state index contributed by atoms with van der Waals surface area (Å²) in [6.07, 6.45) is 7.71. The zero-order chi connectivity index (χ0) is 10.8. The molecule has 1 N–H and O–H groups in total. The second kappa shape index (κ2) is 5.03. The lowest BCUT2D eigenvalue weighted by Crippen LogP contribution is -2.39. The second-order valence-corrected chi connectivity index (χ2v) is 5.69. The number of piperidine rings is 1. The highest BCUT2D eigenvalue weighted by atomic mass is 16.5. The van der Waals surface area contributed by atoms with Gasteiger partial charge in [-0.15, -0.1) is 0 Å². The zero-order valence-electron chi connectivity index (χ0n) is 10.2. The van der Waals surface area contributed by atoms with Crippen LogP contribution >= 0.6 is 0 Å². The topological polar surface area (TPSA) is 24.5 Å². The molecule has 2 aliphatic heterocycles. The SMILES string of the molecule is C1CC(OC2CCN(CC3CC3)CC2)CN1. The molecule has 3 heteroatoms. The Hall–Kier alpha value is -0.120. The van der Waals surface area contributed by atoms with Crippen LogP contribution in [0.25, 0.3) is 0 Å². The van der Waals surface area contributed by atoms with Crippen LogP contribution in [-0.4, -0.2) is 49.8 Å². The van der Waals surface area contributed by atoms with Crippen LogP contribution in [0.4, 0.5) is 0 Å². The Morgan fingerprint density at radius 2 is 1.81 bits per heavy atom. The summed E-state index contributed by atoms with van der Waals surface area (Å²) in [7, 11) is 0. The average molecular weight is 224 g/mol. The van der Waals surface area contributed by atoms with Gasteiger partial charge in [-0.1, -0.05) is 0 Å². The Bertz CT molecular complexity index is 216. The van der Waals surface area contributed by atoms with E-state index in [0.29, 0.717) is 12.2 Å². The molecule has 3 aliphatic rings. The Kier molecular flexibility index (Phi) is 3.46. The first-order chi connectivity index (χ1) is 7.90. The van der Waals surface area contributed by atoms with Crippen LogP contribution in [0.2, 0.25) is 0 Å². The van der Waals surface area contributed by atoms with E-state index in [1.54, 1.807) is 0 Å². The zero-order valence-corrected chi connectivity index (χ0v) is 10.2. The van der Waals surface area contributed by atoms with Gasteiger partial charge >= 0.3 is 0 Å². The van der Waals surface area contributed by atoms with E-state index in [9.17, 15) is 0 Å². The normalized spacial score (nSPS) is 33.4. The van der Waals surface area contributed by atoms with Crippen LogP contribution in [0.3, 0.4) is 0 Å². The molecule has 92 valence electrons. The van der Waals surface area contributed by atoms with Crippen molar-refractivity contribution in [2.24, 2.45) is 5.92 Å². The molecular formula is C13H24N2O. The molecule has 3 rings (SSSR count). The summed E-state index contributed by atoms with van der Waals surface area (Å²) in [6.45, 7) is 6.10. The van der Waals surface area contributed by atoms with Crippen molar-refractivity contribution in [2.45, 2.75) is 44.3 Å². The van der Waals surface area contributed by atoms with E-state index in [1.807, 2.05) is 0 Å². The predicted octanol–water partition coefficient (Wildman–Crippen LogP) is 1.24. The van der Waals surface area contributed by atoms with Gasteiger partial charge in [-0.2, -0.15) is 0 Å². The summed E-state index contributed by atoms with van der Waals surface area (Å²) < 4.78 is 6.13. The molecular weight excluding hydrogens is 200 g/mol. The first-order valence-electron chi connectivity index (χ1n) is 6.98. The minimum Gasteiger partial charge on any atom is -0.374 e. The van der Waals surface area contributed by atoms with Gasteiger partial charge in [0.1, 0.15) is 0 Å². The first-order valence-corrected chi connectivity index (χ1v) is 6.98. The third-order valence-corrected chi connectivity index (χ3v) is 4.15. The fourth-order valence-electron chi connectivity index (χ4n) is 2.91. The third-order valence-electron chi connectivity index (χ3n) is 4.15. The highest BCUT2D eigenvalue weighted by Gasteiger charge is 2.28. The fraction of sp³-hybridized carbons (Fsp3) is 1.00. The van der Waals surface area contributed by atoms with Gasteiger partial charge in [-0.25, -0.2) is 0 Å². The standard InChI is InChI=1S/C13H24N2O/c1-2-11(1)10-15-7-4-12(5-8-15)16-13-3-6-14-9-13/h11-14H,1-10H2. The lowest BCUT2D eigenvalue weighted by Gasteiger charge is -2.33. The van der Waals surface area contributed by atoms with Gasteiger partial charge in [-0.05, 0) is 44.6 Å². The highest BCUT2D eigenvalue weighted by molar-refractivity contribution is 4.82. The van der Waals surface area contributed by atoms with E-state index in [0.717, 1.165) is 19.0 Å². The second-order valence-electron chi connectivity index (χ2n) is 5.69. The highest BCUT2D eigenvalue weighted by Crippen LogP contribution is 2.30. The molecule has 0 radical (unpaired) electrons. The third kappa shape index (κ3) is 2.96. The van der Waals surface area contributed by atoms with Crippen molar-refractivity contribution in [3.05, 3.63) is 0 Å². The first kappa shape index (κ1) is 11.0. The van der Waals surface area contributed by atoms with E-state index in [1.165, 1.54) is 51.7 Å². The number of ether oxygens (including phenoxy) is 1. The van der Waals surface area contributed by atoms with Gasteiger partial charge < -0.3 is 15.0 Å². The molecule has 1 saturated carbocycles. The van der Waals surface area contributed by atoms with Crippen LogP contribution in [-0.2, 0) is 4.74 Å². The maximum atomic E-state index is 6.13. The lowest BCUT2D eigenvalue weighted by molar-refractivity contribution is -0.0340. The van der Waals surface area contributed by atoms with Crippen molar-refractivity contribution in [3.63, 3.8) is 0 Å². The molecule has 0 spiro atoms. The molecule has 0 bridgehead atoms. The monoisotopic (exact) mass is 224 g/mol. The molecule has 3 fully saturated rings. The van der Waals surface area contributed by atoms with Crippen LogP contribution < -0.4 is 5.32 Å². The minimum absolute atomic E-state index is 0.500. The molecule has 1 unspecified atom stereocenters. The number of likely N-dealkylation sites (tertiary alicyclic amines) is 1. The molecule has 0 aromatic carbocycles. The summed E-state index contributed by atoms with van der Waals surface area (Å²) in [4.78, 5) is 2.64. The van der Waals surface area contributed by atoms with Crippen LogP contribution in [0.5, 0.6) is 0 Å². The van der Waals surface area contributed by atoms with Crippen LogP contribution in [0.15, 0.2) is 0 Å². The van der Waals surface area contributed by atoms with Gasteiger partial charge in [0.15, 0.2) is 0 Å². The maximum Gasteiger partial charge on any atom is 0.0715 e. The molecule has 0 aromatic rings. The van der Waals surface area contributed by atoms with E-state index >= 15 is 0 Å². The molecule has 2 saturated heterocycles. The number of hydrogen-bond acceptors (Lipinski definition) is 3. The average Bonchev–Trinajstić information content (AvgIpc) is 2.96. The fourth-order valence-corrected chi connectivity index (χ4v) is 2.91. The Morgan fingerprint density at radius 3 is 2.44 bits per heavy atom. The van der Waals surface area contributed by atoms with Gasteiger partial charge in [0, 0.05) is 26.2 Å². The Labute approximate surface area is 98.5 Å². The Balaban J connectivity index is 1.36. The summed E-state index contributed by atoms with van der Waals surface area (Å²) in [6, 6.07) is 0. The van der Waals surface area contributed by atoms with Crippen LogP contribution in [0.1, 0.15) is 32.1 Å². The molecule has 2 heterocycles. The molecule has 1 aliphatic carbocycles. The Morgan fingerprint density at radius 1 is 1.00 bits per heavy atom. The number of rotatable bonds is 4. The van der Waals surface area contributed by atoms with E-state index in [2.05, 4.69) is 10.2 Å². The number of nitrogens with zero attached hydrogens (tertiary/aromatic N) is 1. The van der Waals surface area contributed by atoms with Crippen molar-refractivity contribution < 1.29 is 4.74 Å². The molecule has 0 aromatic heterocycles. The van der Waals surface area contributed by atoms with E-state index in [4.69, 9.17) is 4.74 Å². The molecule has 3 nitrogen and oxygen atoms in total. The summed E-state index contributed by atoms with van der Waals surface area (Å²) >= 11 is 0. The quantitative estimate of drug-likeness (QED) is 0.777. The van der Waals surface area contributed by atoms with Crippen molar-refractivity contribution in [1.29, 1.82) is 0 Å². The van der Waals surface area contributed by atoms with Gasteiger partial charge in [0.05, 0.1) is 12.2 Å². The van der Waals surface area contributed by atoms with Crippen molar-refractivity contribution in [1.82, 2.24) is 10.2 Å². The van der Waals surface area contributed by atoms with Crippen LogP contribution in [0, 0.1) is 5.92 Å². The minimum atomic E-state index is 0.500. The van der Waals surface area contributed by atoms with Crippen molar-refractivity contribution in [3.8, 4) is 0 Å². The largest absolute Gasteiger partial charge is 0.374 e. The summed E-state index contributed by atoms with van der Waals surface area (Å²) in [5.41, 5.74) is 0. The van der Waals surface area contributed by atoms with Crippen molar-refractivity contribution >= 4 is 0 Å². The number of hydrogen-bond donors (Lipinski definition) is 1. The van der Waals surface area contributed by atoms with E-state index in [-0.39, 0.29) is 0 Å². The molecule has 1 atom stereocenters. The maximum absolute atomic E-state index is 6.13. The van der Waals surface area contributed by atoms with Gasteiger partial charge in [0.25, 0.3) is 0 Å². The molecule has 16 heavy (non-hydrogen) atoms. The lowest BCUT2D eigenvalue weighted by atomic mass is 10.1. The van der Waals surface area contributed by atoms with Gasteiger partial charge in [0.2, 0.25) is 0 Å². The van der Waals surface area contributed by atoms with E-state index < -0.39 is 0 Å². The van der Waals surface area contributed by atoms with Crippen molar-refractivity contribution in [2.75, 3.05) is 32.7 Å². The smallest absolute Gasteiger partial charge is 0.0715 e.